The standard InChI is InChI=1S/C19H21NO4S/c1-4-24-19(21)15(3)18(16-8-6-5-7-9-16)20-25(22,23)17-12-10-14(2)11-13-17/h5-13,18,20H,3-4H2,1-2H3/t18-/m0/s1. The van der Waals surface area contributed by atoms with Gasteiger partial charge < -0.3 is 4.74 Å². The molecule has 0 heterocycles. The fourth-order valence-electron chi connectivity index (χ4n) is 2.27. The van der Waals surface area contributed by atoms with E-state index < -0.39 is 22.0 Å². The van der Waals surface area contributed by atoms with Gasteiger partial charge in [-0.2, -0.15) is 4.72 Å². The lowest BCUT2D eigenvalue weighted by atomic mass is 10.0. The minimum Gasteiger partial charge on any atom is -0.463 e. The summed E-state index contributed by atoms with van der Waals surface area (Å²) in [5, 5.41) is 0. The summed E-state index contributed by atoms with van der Waals surface area (Å²) >= 11 is 0. The van der Waals surface area contributed by atoms with Crippen molar-refractivity contribution in [2.45, 2.75) is 24.8 Å². The summed E-state index contributed by atoms with van der Waals surface area (Å²) < 4.78 is 32.9. The van der Waals surface area contributed by atoms with Crippen LogP contribution in [0.25, 0.3) is 0 Å². The number of hydrogen-bond acceptors (Lipinski definition) is 4. The van der Waals surface area contributed by atoms with Gasteiger partial charge in [0.1, 0.15) is 0 Å². The van der Waals surface area contributed by atoms with E-state index in [1.54, 1.807) is 43.3 Å². The Morgan fingerprint density at radius 2 is 1.72 bits per heavy atom. The van der Waals surface area contributed by atoms with Gasteiger partial charge in [0.15, 0.2) is 0 Å². The molecule has 2 aromatic rings. The van der Waals surface area contributed by atoms with Crippen molar-refractivity contribution in [1.29, 1.82) is 0 Å². The largest absolute Gasteiger partial charge is 0.463 e. The molecule has 0 fully saturated rings. The monoisotopic (exact) mass is 359 g/mol. The highest BCUT2D eigenvalue weighted by Crippen LogP contribution is 2.24. The molecule has 5 nitrogen and oxygen atoms in total. The zero-order chi connectivity index (χ0) is 18.4. The molecule has 0 unspecified atom stereocenters. The van der Waals surface area contributed by atoms with Crippen LogP contribution in [0, 0.1) is 6.92 Å². The molecule has 0 saturated heterocycles. The van der Waals surface area contributed by atoms with E-state index in [1.807, 2.05) is 13.0 Å². The maximum Gasteiger partial charge on any atom is 0.335 e. The molecule has 1 atom stereocenters. The molecular weight excluding hydrogens is 338 g/mol. The van der Waals surface area contributed by atoms with Crippen molar-refractivity contribution in [3.8, 4) is 0 Å². The Balaban J connectivity index is 2.37. The summed E-state index contributed by atoms with van der Waals surface area (Å²) in [5.41, 5.74) is 1.59. The van der Waals surface area contributed by atoms with Crippen LogP contribution in [0.4, 0.5) is 0 Å². The normalized spacial score (nSPS) is 12.4. The van der Waals surface area contributed by atoms with Crippen molar-refractivity contribution in [1.82, 2.24) is 4.72 Å². The first-order valence-corrected chi connectivity index (χ1v) is 9.33. The van der Waals surface area contributed by atoms with E-state index in [4.69, 9.17) is 4.74 Å². The molecule has 0 aliphatic heterocycles. The molecular formula is C19H21NO4S. The molecule has 6 heteroatoms. The molecule has 132 valence electrons. The summed E-state index contributed by atoms with van der Waals surface area (Å²) in [6, 6.07) is 14.4. The maximum absolute atomic E-state index is 12.7. The molecule has 0 saturated carbocycles. The number of ether oxygens (including phenoxy) is 1. The Morgan fingerprint density at radius 1 is 1.12 bits per heavy atom. The number of carbonyl (C=O) groups is 1. The van der Waals surface area contributed by atoms with Crippen molar-refractivity contribution >= 4 is 16.0 Å². The van der Waals surface area contributed by atoms with Crippen molar-refractivity contribution in [3.63, 3.8) is 0 Å². The van der Waals surface area contributed by atoms with E-state index >= 15 is 0 Å². The smallest absolute Gasteiger partial charge is 0.335 e. The number of nitrogens with one attached hydrogen (secondary N) is 1. The molecule has 2 rings (SSSR count). The Kier molecular flexibility index (Phi) is 6.12. The van der Waals surface area contributed by atoms with Gasteiger partial charge in [-0.3, -0.25) is 0 Å². The number of aryl methyl sites for hydroxylation is 1. The second-order valence-corrected chi connectivity index (χ2v) is 7.24. The average molecular weight is 359 g/mol. The topological polar surface area (TPSA) is 72.5 Å². The second kappa shape index (κ2) is 8.09. The van der Waals surface area contributed by atoms with Crippen LogP contribution >= 0.6 is 0 Å². The summed E-state index contributed by atoms with van der Waals surface area (Å²) in [7, 11) is -3.84. The van der Waals surface area contributed by atoms with Crippen LogP contribution in [-0.2, 0) is 19.6 Å². The minimum atomic E-state index is -3.84. The van der Waals surface area contributed by atoms with Gasteiger partial charge in [-0.15, -0.1) is 0 Å². The van der Waals surface area contributed by atoms with Gasteiger partial charge in [0, 0.05) is 0 Å². The van der Waals surface area contributed by atoms with Gasteiger partial charge in [-0.1, -0.05) is 54.6 Å². The summed E-state index contributed by atoms with van der Waals surface area (Å²) in [5.74, 6) is -0.636. The molecule has 1 N–H and O–H groups in total. The third-order valence-corrected chi connectivity index (χ3v) is 5.06. The molecule has 0 aliphatic rings. The average Bonchev–Trinajstić information content (AvgIpc) is 2.60. The van der Waals surface area contributed by atoms with Gasteiger partial charge in [0.05, 0.1) is 23.1 Å². The molecule has 0 radical (unpaired) electrons. The molecule has 0 aliphatic carbocycles. The Labute approximate surface area is 148 Å². The van der Waals surface area contributed by atoms with E-state index in [0.29, 0.717) is 5.56 Å². The highest BCUT2D eigenvalue weighted by Gasteiger charge is 2.27. The van der Waals surface area contributed by atoms with Gasteiger partial charge >= 0.3 is 5.97 Å². The summed E-state index contributed by atoms with van der Waals surface area (Å²) in [6.07, 6.45) is 0. The number of carbonyl (C=O) groups excluding carboxylic acids is 1. The van der Waals surface area contributed by atoms with E-state index in [1.165, 1.54) is 12.1 Å². The van der Waals surface area contributed by atoms with E-state index in [-0.39, 0.29) is 17.1 Å². The molecule has 0 bridgehead atoms. The first-order valence-electron chi connectivity index (χ1n) is 7.85. The van der Waals surface area contributed by atoms with Gasteiger partial charge in [-0.25, -0.2) is 13.2 Å². The van der Waals surface area contributed by atoms with Crippen molar-refractivity contribution in [3.05, 3.63) is 77.9 Å². The van der Waals surface area contributed by atoms with E-state index in [2.05, 4.69) is 11.3 Å². The Morgan fingerprint density at radius 3 is 2.28 bits per heavy atom. The van der Waals surface area contributed by atoms with Crippen LogP contribution in [0.3, 0.4) is 0 Å². The number of esters is 1. The molecule has 0 aromatic heterocycles. The van der Waals surface area contributed by atoms with Crippen LogP contribution in [-0.4, -0.2) is 21.0 Å². The predicted molar refractivity (Wildman–Crippen MR) is 96.5 cm³/mol. The molecule has 25 heavy (non-hydrogen) atoms. The van der Waals surface area contributed by atoms with Gasteiger partial charge in [-0.05, 0) is 31.5 Å². The fraction of sp³-hybridized carbons (Fsp3) is 0.211. The van der Waals surface area contributed by atoms with Gasteiger partial charge in [0.25, 0.3) is 0 Å². The first-order chi connectivity index (χ1) is 11.8. The van der Waals surface area contributed by atoms with Crippen LogP contribution in [0.15, 0.2) is 71.6 Å². The van der Waals surface area contributed by atoms with Crippen molar-refractivity contribution in [2.75, 3.05) is 6.61 Å². The zero-order valence-electron chi connectivity index (χ0n) is 14.2. The zero-order valence-corrected chi connectivity index (χ0v) is 15.0. The van der Waals surface area contributed by atoms with Crippen molar-refractivity contribution in [2.24, 2.45) is 0 Å². The summed E-state index contributed by atoms with van der Waals surface area (Å²) in [4.78, 5) is 12.2. The van der Waals surface area contributed by atoms with Crippen molar-refractivity contribution < 1.29 is 17.9 Å². The highest BCUT2D eigenvalue weighted by molar-refractivity contribution is 7.89. The number of rotatable bonds is 7. The maximum atomic E-state index is 12.7. The van der Waals surface area contributed by atoms with Crippen LogP contribution in [0.1, 0.15) is 24.1 Å². The van der Waals surface area contributed by atoms with E-state index in [9.17, 15) is 13.2 Å². The first kappa shape index (κ1) is 18.9. The number of hydrogen-bond donors (Lipinski definition) is 1. The third kappa shape index (κ3) is 4.78. The van der Waals surface area contributed by atoms with Gasteiger partial charge in [0.2, 0.25) is 10.0 Å². The molecule has 0 spiro atoms. The predicted octanol–water partition coefficient (Wildman–Crippen LogP) is 3.13. The number of benzene rings is 2. The van der Waals surface area contributed by atoms with Crippen LogP contribution < -0.4 is 4.72 Å². The molecule has 2 aromatic carbocycles. The van der Waals surface area contributed by atoms with Crippen LogP contribution in [0.2, 0.25) is 0 Å². The lowest BCUT2D eigenvalue weighted by Gasteiger charge is -2.20. The third-order valence-electron chi connectivity index (χ3n) is 3.62. The Hall–Kier alpha value is -2.44. The fourth-order valence-corrected chi connectivity index (χ4v) is 3.49. The van der Waals surface area contributed by atoms with Crippen LogP contribution in [0.5, 0.6) is 0 Å². The minimum absolute atomic E-state index is 0.0312. The SMILES string of the molecule is C=C(C(=O)OCC)[C@H](NS(=O)(=O)c1ccc(C)cc1)c1ccccc1. The number of sulfonamides is 1. The molecule has 0 amide bonds. The lowest BCUT2D eigenvalue weighted by Crippen LogP contribution is -2.32. The lowest BCUT2D eigenvalue weighted by molar-refractivity contribution is -0.138. The van der Waals surface area contributed by atoms with E-state index in [0.717, 1.165) is 5.56 Å². The second-order valence-electron chi connectivity index (χ2n) is 5.52. The summed E-state index contributed by atoms with van der Waals surface area (Å²) in [6.45, 7) is 7.48. The Bertz CT molecular complexity index is 843. The highest BCUT2D eigenvalue weighted by atomic mass is 32.2. The quantitative estimate of drug-likeness (QED) is 0.609.